The normalized spacial score (nSPS) is 12.2. The molecule has 1 atom stereocenters. The monoisotopic (exact) mass is 470 g/mol. The largest absolute Gasteiger partial charge is 0.348 e. The first kappa shape index (κ1) is 23.8. The Kier molecular flexibility index (Phi) is 7.59. The topological polar surface area (TPSA) is 66.5 Å². The third-order valence-corrected chi connectivity index (χ3v) is 7.28. The predicted octanol–water partition coefficient (Wildman–Crippen LogP) is 5.28. The van der Waals surface area contributed by atoms with Crippen LogP contribution in [0.15, 0.2) is 77.7 Å². The van der Waals surface area contributed by atoms with E-state index in [4.69, 9.17) is 11.6 Å². The van der Waals surface area contributed by atoms with Gasteiger partial charge in [-0.15, -0.1) is 0 Å². The molecule has 0 unspecified atom stereocenters. The summed E-state index contributed by atoms with van der Waals surface area (Å²) in [6.07, 6.45) is 0.940. The third-order valence-electron chi connectivity index (χ3n) is 5.24. The summed E-state index contributed by atoms with van der Waals surface area (Å²) in [5.74, 6) is -0.392. The Balaban J connectivity index is 1.86. The molecule has 0 spiro atoms. The second kappa shape index (κ2) is 10.2. The zero-order valence-corrected chi connectivity index (χ0v) is 20.0. The van der Waals surface area contributed by atoms with Crippen LogP contribution in [-0.4, -0.2) is 20.9 Å². The zero-order chi connectivity index (χ0) is 23.3. The summed E-state index contributed by atoms with van der Waals surface area (Å²) in [7, 11) is -3.98. The minimum atomic E-state index is -3.98. The summed E-state index contributed by atoms with van der Waals surface area (Å²) in [6, 6.07) is 20.7. The van der Waals surface area contributed by atoms with Gasteiger partial charge in [-0.3, -0.25) is 9.10 Å². The van der Waals surface area contributed by atoms with Crippen molar-refractivity contribution >= 4 is 33.2 Å². The van der Waals surface area contributed by atoms with Crippen LogP contribution in [0.25, 0.3) is 0 Å². The Morgan fingerprint density at radius 2 is 1.69 bits per heavy atom. The molecule has 0 aliphatic heterocycles. The number of hydrogen-bond acceptors (Lipinski definition) is 3. The van der Waals surface area contributed by atoms with E-state index in [9.17, 15) is 13.2 Å². The first-order valence-electron chi connectivity index (χ1n) is 10.4. The number of aryl methyl sites for hydroxylation is 2. The molecule has 0 saturated heterocycles. The number of nitrogens with zero attached hydrogens (tertiary/aromatic N) is 1. The smallest absolute Gasteiger partial charge is 0.264 e. The molecule has 0 radical (unpaired) electrons. The van der Waals surface area contributed by atoms with Crippen LogP contribution in [0, 0.1) is 6.92 Å². The van der Waals surface area contributed by atoms with Gasteiger partial charge < -0.3 is 5.32 Å². The number of nitrogens with one attached hydrogen (secondary N) is 1. The van der Waals surface area contributed by atoms with Gasteiger partial charge in [-0.25, -0.2) is 8.42 Å². The Bertz CT molecular complexity index is 1180. The van der Waals surface area contributed by atoms with Crippen molar-refractivity contribution in [2.24, 2.45) is 0 Å². The number of carbonyl (C=O) groups is 1. The number of anilines is 1. The maximum absolute atomic E-state index is 13.4. The van der Waals surface area contributed by atoms with Crippen molar-refractivity contribution in [3.63, 3.8) is 0 Å². The van der Waals surface area contributed by atoms with Crippen molar-refractivity contribution in [2.75, 3.05) is 10.8 Å². The quantitative estimate of drug-likeness (QED) is 0.486. The van der Waals surface area contributed by atoms with Gasteiger partial charge in [-0.2, -0.15) is 0 Å². The van der Waals surface area contributed by atoms with Crippen molar-refractivity contribution in [3.05, 3.63) is 94.5 Å². The highest BCUT2D eigenvalue weighted by atomic mass is 35.5. The molecule has 7 heteroatoms. The molecule has 0 aliphatic rings. The van der Waals surface area contributed by atoms with Gasteiger partial charge in [-0.05, 0) is 73.4 Å². The van der Waals surface area contributed by atoms with Crippen LogP contribution in [0.4, 0.5) is 5.69 Å². The van der Waals surface area contributed by atoms with Crippen LogP contribution in [0.1, 0.15) is 36.6 Å². The molecule has 1 N–H and O–H groups in total. The molecule has 5 nitrogen and oxygen atoms in total. The van der Waals surface area contributed by atoms with E-state index in [1.807, 2.05) is 44.2 Å². The molecule has 0 bridgehead atoms. The number of benzene rings is 3. The fraction of sp³-hybridized carbons (Fsp3) is 0.240. The number of rotatable bonds is 8. The minimum Gasteiger partial charge on any atom is -0.348 e. The SMILES string of the molecule is CCc1ccc([C@H](C)NC(=O)CN(c2cccc(C)c2)S(=O)(=O)c2ccc(Cl)cc2)cc1. The summed E-state index contributed by atoms with van der Waals surface area (Å²) in [5.41, 5.74) is 3.49. The minimum absolute atomic E-state index is 0.0689. The van der Waals surface area contributed by atoms with Gasteiger partial charge in [0.05, 0.1) is 16.6 Å². The second-order valence-corrected chi connectivity index (χ2v) is 9.99. The Morgan fingerprint density at radius 1 is 1.03 bits per heavy atom. The lowest BCUT2D eigenvalue weighted by Crippen LogP contribution is -2.41. The van der Waals surface area contributed by atoms with Gasteiger partial charge in [0, 0.05) is 5.02 Å². The third kappa shape index (κ3) is 5.69. The number of halogens is 1. The first-order valence-corrected chi connectivity index (χ1v) is 12.3. The fourth-order valence-electron chi connectivity index (χ4n) is 3.37. The van der Waals surface area contributed by atoms with Gasteiger partial charge in [0.1, 0.15) is 6.54 Å². The number of sulfonamides is 1. The van der Waals surface area contributed by atoms with E-state index in [0.717, 1.165) is 21.9 Å². The van der Waals surface area contributed by atoms with Crippen LogP contribution >= 0.6 is 11.6 Å². The van der Waals surface area contributed by atoms with E-state index >= 15 is 0 Å². The molecule has 3 aromatic rings. The fourth-order valence-corrected chi connectivity index (χ4v) is 4.91. The van der Waals surface area contributed by atoms with Gasteiger partial charge in [0.25, 0.3) is 10.0 Å². The molecule has 0 saturated carbocycles. The molecular formula is C25H27ClN2O3S. The van der Waals surface area contributed by atoms with Crippen molar-refractivity contribution in [3.8, 4) is 0 Å². The summed E-state index contributed by atoms with van der Waals surface area (Å²) in [4.78, 5) is 13.0. The van der Waals surface area contributed by atoms with E-state index < -0.39 is 15.9 Å². The highest BCUT2D eigenvalue weighted by molar-refractivity contribution is 7.92. The molecule has 0 heterocycles. The molecular weight excluding hydrogens is 444 g/mol. The average molecular weight is 471 g/mol. The Hall–Kier alpha value is -2.83. The zero-order valence-electron chi connectivity index (χ0n) is 18.4. The summed E-state index contributed by atoms with van der Waals surface area (Å²) >= 11 is 5.93. The molecule has 168 valence electrons. The van der Waals surface area contributed by atoms with Crippen LogP contribution in [0.2, 0.25) is 5.02 Å². The van der Waals surface area contributed by atoms with Crippen molar-refractivity contribution in [1.82, 2.24) is 5.32 Å². The molecule has 3 aromatic carbocycles. The van der Waals surface area contributed by atoms with E-state index in [2.05, 4.69) is 12.2 Å². The summed E-state index contributed by atoms with van der Waals surface area (Å²) in [5, 5.41) is 3.35. The van der Waals surface area contributed by atoms with Crippen molar-refractivity contribution in [2.45, 2.75) is 38.1 Å². The van der Waals surface area contributed by atoms with Crippen LogP contribution in [0.3, 0.4) is 0 Å². The molecule has 32 heavy (non-hydrogen) atoms. The second-order valence-electron chi connectivity index (χ2n) is 7.69. The predicted molar refractivity (Wildman–Crippen MR) is 130 cm³/mol. The lowest BCUT2D eigenvalue weighted by atomic mass is 10.1. The van der Waals surface area contributed by atoms with Gasteiger partial charge in [-0.1, -0.05) is 54.9 Å². The molecule has 0 fully saturated rings. The van der Waals surface area contributed by atoms with Crippen molar-refractivity contribution < 1.29 is 13.2 Å². The van der Waals surface area contributed by atoms with E-state index in [-0.39, 0.29) is 17.5 Å². The highest BCUT2D eigenvalue weighted by Crippen LogP contribution is 2.25. The summed E-state index contributed by atoms with van der Waals surface area (Å²) in [6.45, 7) is 5.50. The standard InChI is InChI=1S/C25H27ClN2O3S/c1-4-20-8-10-21(11-9-20)19(3)27-25(29)17-28(23-7-5-6-18(2)16-23)32(30,31)24-14-12-22(26)13-15-24/h5-16,19H,4,17H2,1-3H3,(H,27,29)/t19-/m0/s1. The van der Waals surface area contributed by atoms with E-state index in [0.29, 0.717) is 10.7 Å². The maximum atomic E-state index is 13.4. The Labute approximate surface area is 195 Å². The number of carbonyl (C=O) groups excluding carboxylic acids is 1. The van der Waals surface area contributed by atoms with Crippen molar-refractivity contribution in [1.29, 1.82) is 0 Å². The lowest BCUT2D eigenvalue weighted by molar-refractivity contribution is -0.120. The van der Waals surface area contributed by atoms with Crippen LogP contribution in [0.5, 0.6) is 0 Å². The van der Waals surface area contributed by atoms with E-state index in [1.165, 1.54) is 29.8 Å². The molecule has 0 aromatic heterocycles. The lowest BCUT2D eigenvalue weighted by Gasteiger charge is -2.25. The first-order chi connectivity index (χ1) is 15.2. The molecule has 3 rings (SSSR count). The average Bonchev–Trinajstić information content (AvgIpc) is 2.77. The molecule has 1 amide bonds. The maximum Gasteiger partial charge on any atom is 0.264 e. The number of hydrogen-bond donors (Lipinski definition) is 1. The van der Waals surface area contributed by atoms with Gasteiger partial charge >= 0.3 is 0 Å². The van der Waals surface area contributed by atoms with Crippen LogP contribution < -0.4 is 9.62 Å². The van der Waals surface area contributed by atoms with Crippen LogP contribution in [-0.2, 0) is 21.2 Å². The Morgan fingerprint density at radius 3 is 2.28 bits per heavy atom. The summed E-state index contributed by atoms with van der Waals surface area (Å²) < 4.78 is 28.0. The molecule has 0 aliphatic carbocycles. The van der Waals surface area contributed by atoms with Gasteiger partial charge in [0.15, 0.2) is 0 Å². The van der Waals surface area contributed by atoms with Gasteiger partial charge in [0.2, 0.25) is 5.91 Å². The highest BCUT2D eigenvalue weighted by Gasteiger charge is 2.27. The number of amides is 1. The van der Waals surface area contributed by atoms with E-state index in [1.54, 1.807) is 18.2 Å².